The third kappa shape index (κ3) is 2.96. The number of carbonyl (C=O) groups is 1. The maximum atomic E-state index is 10.7. The molecule has 0 fully saturated rings. The van der Waals surface area contributed by atoms with Crippen molar-refractivity contribution < 1.29 is 19.1 Å². The van der Waals surface area contributed by atoms with Gasteiger partial charge < -0.3 is 14.3 Å². The van der Waals surface area contributed by atoms with Gasteiger partial charge in [0.05, 0.1) is 0 Å². The monoisotopic (exact) mass is 260 g/mol. The van der Waals surface area contributed by atoms with Crippen LogP contribution in [0.1, 0.15) is 41.4 Å². The first kappa shape index (κ1) is 13.2. The summed E-state index contributed by atoms with van der Waals surface area (Å²) in [6.07, 6.45) is 0. The highest BCUT2D eigenvalue weighted by Crippen LogP contribution is 2.28. The number of carboxylic acids is 1. The Morgan fingerprint density at radius 2 is 2.00 bits per heavy atom. The number of rotatable bonds is 4. The van der Waals surface area contributed by atoms with E-state index in [4.69, 9.17) is 14.3 Å². The summed E-state index contributed by atoms with van der Waals surface area (Å²) < 4.78 is 10.5. The third-order valence-electron chi connectivity index (χ3n) is 2.87. The highest BCUT2D eigenvalue weighted by atomic mass is 16.6. The van der Waals surface area contributed by atoms with Crippen molar-refractivity contribution in [3.05, 3.63) is 47.2 Å². The summed E-state index contributed by atoms with van der Waals surface area (Å²) in [4.78, 5) is 10.7. The second-order valence-electron chi connectivity index (χ2n) is 4.70. The molecule has 0 saturated heterocycles. The molecule has 1 aromatic heterocycles. The molecule has 19 heavy (non-hydrogen) atoms. The molecule has 1 heterocycles. The van der Waals surface area contributed by atoms with Gasteiger partial charge in [-0.25, -0.2) is 4.79 Å². The molecule has 2 rings (SSSR count). The number of aryl methyl sites for hydroxylation is 1. The summed E-state index contributed by atoms with van der Waals surface area (Å²) in [5, 5.41) is 8.76. The molecule has 0 spiro atoms. The Balaban J connectivity index is 2.19. The topological polar surface area (TPSA) is 59.7 Å². The van der Waals surface area contributed by atoms with Gasteiger partial charge in [-0.05, 0) is 42.2 Å². The highest BCUT2D eigenvalue weighted by molar-refractivity contribution is 5.84. The molecule has 0 aliphatic heterocycles. The molecule has 0 radical (unpaired) electrons. The first-order valence-corrected chi connectivity index (χ1v) is 6.09. The second kappa shape index (κ2) is 5.18. The summed E-state index contributed by atoms with van der Waals surface area (Å²) in [5.74, 6) is 0.0188. The molecular weight excluding hydrogens is 244 g/mol. The number of carboxylic acid groups (broad SMARTS) is 1. The van der Waals surface area contributed by atoms with Crippen LogP contribution in [0.15, 0.2) is 34.7 Å². The van der Waals surface area contributed by atoms with Gasteiger partial charge in [-0.2, -0.15) is 0 Å². The molecule has 0 atom stereocenters. The summed E-state index contributed by atoms with van der Waals surface area (Å²) in [5.41, 5.74) is 2.40. The van der Waals surface area contributed by atoms with Crippen LogP contribution in [0.5, 0.6) is 11.7 Å². The van der Waals surface area contributed by atoms with Crippen LogP contribution in [-0.2, 0) is 0 Å². The van der Waals surface area contributed by atoms with Crippen LogP contribution in [-0.4, -0.2) is 11.1 Å². The lowest BCUT2D eigenvalue weighted by molar-refractivity contribution is 0.0657. The van der Waals surface area contributed by atoms with Gasteiger partial charge in [0, 0.05) is 6.07 Å². The van der Waals surface area contributed by atoms with Gasteiger partial charge in [-0.3, -0.25) is 0 Å². The summed E-state index contributed by atoms with van der Waals surface area (Å²) >= 11 is 0. The third-order valence-corrected chi connectivity index (χ3v) is 2.87. The highest BCUT2D eigenvalue weighted by Gasteiger charge is 2.11. The first-order chi connectivity index (χ1) is 8.97. The fourth-order valence-electron chi connectivity index (χ4n) is 1.97. The van der Waals surface area contributed by atoms with Crippen molar-refractivity contribution in [2.45, 2.75) is 26.7 Å². The van der Waals surface area contributed by atoms with Crippen molar-refractivity contribution in [1.29, 1.82) is 0 Å². The van der Waals surface area contributed by atoms with Gasteiger partial charge in [0.1, 0.15) is 5.75 Å². The SMILES string of the molecule is Cc1cc(Oc2ccc(C(=O)O)o2)ccc1C(C)C. The Kier molecular flexibility index (Phi) is 3.60. The maximum Gasteiger partial charge on any atom is 0.371 e. The van der Waals surface area contributed by atoms with Gasteiger partial charge in [0.15, 0.2) is 0 Å². The van der Waals surface area contributed by atoms with Gasteiger partial charge in [-0.1, -0.05) is 19.9 Å². The lowest BCUT2D eigenvalue weighted by Crippen LogP contribution is -1.93. The fourth-order valence-corrected chi connectivity index (χ4v) is 1.97. The minimum Gasteiger partial charge on any atom is -0.475 e. The molecule has 1 aromatic carbocycles. The van der Waals surface area contributed by atoms with Gasteiger partial charge >= 0.3 is 5.97 Å². The molecule has 0 amide bonds. The standard InChI is InChI=1S/C15H16O4/c1-9(2)12-5-4-11(8-10(12)3)18-14-7-6-13(19-14)15(16)17/h4-9H,1-3H3,(H,16,17). The van der Waals surface area contributed by atoms with E-state index in [-0.39, 0.29) is 11.7 Å². The van der Waals surface area contributed by atoms with Crippen LogP contribution in [0.3, 0.4) is 0 Å². The Labute approximate surface area is 111 Å². The normalized spacial score (nSPS) is 10.7. The van der Waals surface area contributed by atoms with Gasteiger partial charge in [0.25, 0.3) is 5.95 Å². The molecule has 0 unspecified atom stereocenters. The average molecular weight is 260 g/mol. The van der Waals surface area contributed by atoms with Crippen molar-refractivity contribution in [3.8, 4) is 11.7 Å². The quantitative estimate of drug-likeness (QED) is 0.894. The van der Waals surface area contributed by atoms with E-state index in [1.54, 1.807) is 0 Å². The lowest BCUT2D eigenvalue weighted by Gasteiger charge is -2.11. The van der Waals surface area contributed by atoms with Crippen LogP contribution in [0.25, 0.3) is 0 Å². The summed E-state index contributed by atoms with van der Waals surface area (Å²) in [6.45, 7) is 6.29. The van der Waals surface area contributed by atoms with E-state index in [9.17, 15) is 4.79 Å². The molecular formula is C15H16O4. The number of benzene rings is 1. The largest absolute Gasteiger partial charge is 0.475 e. The molecule has 0 aliphatic rings. The predicted molar refractivity (Wildman–Crippen MR) is 71.0 cm³/mol. The number of ether oxygens (including phenoxy) is 1. The minimum absolute atomic E-state index is 0.134. The van der Waals surface area contributed by atoms with E-state index in [1.807, 2.05) is 25.1 Å². The van der Waals surface area contributed by atoms with Crippen LogP contribution < -0.4 is 4.74 Å². The molecule has 0 saturated carbocycles. The zero-order valence-corrected chi connectivity index (χ0v) is 11.1. The molecule has 4 heteroatoms. The lowest BCUT2D eigenvalue weighted by atomic mass is 9.98. The molecule has 100 valence electrons. The number of aromatic carboxylic acids is 1. The van der Waals surface area contributed by atoms with Crippen molar-refractivity contribution in [1.82, 2.24) is 0 Å². The maximum absolute atomic E-state index is 10.7. The Bertz CT molecular complexity index is 596. The fraction of sp³-hybridized carbons (Fsp3) is 0.267. The molecule has 0 bridgehead atoms. The molecule has 4 nitrogen and oxygen atoms in total. The first-order valence-electron chi connectivity index (χ1n) is 6.09. The second-order valence-corrected chi connectivity index (χ2v) is 4.70. The summed E-state index contributed by atoms with van der Waals surface area (Å²) in [6, 6.07) is 8.64. The number of hydrogen-bond acceptors (Lipinski definition) is 3. The van der Waals surface area contributed by atoms with Crippen LogP contribution in [0, 0.1) is 6.92 Å². The van der Waals surface area contributed by atoms with E-state index >= 15 is 0 Å². The average Bonchev–Trinajstić information content (AvgIpc) is 2.77. The molecule has 2 aromatic rings. The molecule has 0 aliphatic carbocycles. The van der Waals surface area contributed by atoms with Crippen molar-refractivity contribution >= 4 is 5.97 Å². The smallest absolute Gasteiger partial charge is 0.371 e. The van der Waals surface area contributed by atoms with Crippen molar-refractivity contribution in [3.63, 3.8) is 0 Å². The van der Waals surface area contributed by atoms with E-state index in [0.717, 1.165) is 5.56 Å². The van der Waals surface area contributed by atoms with E-state index in [2.05, 4.69) is 13.8 Å². The molecule has 1 N–H and O–H groups in total. The van der Waals surface area contributed by atoms with Crippen molar-refractivity contribution in [2.24, 2.45) is 0 Å². The van der Waals surface area contributed by atoms with E-state index < -0.39 is 5.97 Å². The minimum atomic E-state index is -1.11. The van der Waals surface area contributed by atoms with E-state index in [1.165, 1.54) is 17.7 Å². The van der Waals surface area contributed by atoms with Gasteiger partial charge in [-0.15, -0.1) is 0 Å². The predicted octanol–water partition coefficient (Wildman–Crippen LogP) is 4.20. The number of hydrogen-bond donors (Lipinski definition) is 1. The zero-order valence-electron chi connectivity index (χ0n) is 11.1. The van der Waals surface area contributed by atoms with Crippen LogP contribution >= 0.6 is 0 Å². The van der Waals surface area contributed by atoms with Crippen molar-refractivity contribution in [2.75, 3.05) is 0 Å². The van der Waals surface area contributed by atoms with Gasteiger partial charge in [0.2, 0.25) is 5.76 Å². The number of furan rings is 1. The Hall–Kier alpha value is -2.23. The summed E-state index contributed by atoms with van der Waals surface area (Å²) in [7, 11) is 0. The Morgan fingerprint density at radius 3 is 2.53 bits per heavy atom. The Morgan fingerprint density at radius 1 is 1.26 bits per heavy atom. The van der Waals surface area contributed by atoms with E-state index in [0.29, 0.717) is 11.7 Å². The zero-order chi connectivity index (χ0) is 14.0. The van der Waals surface area contributed by atoms with Crippen LogP contribution in [0.4, 0.5) is 0 Å². The van der Waals surface area contributed by atoms with Crippen LogP contribution in [0.2, 0.25) is 0 Å².